The molecule has 20 heavy (non-hydrogen) atoms. The van der Waals surface area contributed by atoms with Gasteiger partial charge in [-0.2, -0.15) is 0 Å². The van der Waals surface area contributed by atoms with Crippen LogP contribution in [0.5, 0.6) is 0 Å². The first kappa shape index (κ1) is 14.5. The number of aromatic nitrogens is 1. The summed E-state index contributed by atoms with van der Waals surface area (Å²) in [5.74, 6) is -0.107. The van der Waals surface area contributed by atoms with Gasteiger partial charge in [-0.1, -0.05) is 19.9 Å². The van der Waals surface area contributed by atoms with E-state index in [2.05, 4.69) is 10.3 Å². The van der Waals surface area contributed by atoms with Crippen molar-refractivity contribution in [3.05, 3.63) is 30.1 Å². The molecule has 2 amide bonds. The Morgan fingerprint density at radius 1 is 1.35 bits per heavy atom. The average Bonchev–Trinajstić information content (AvgIpc) is 2.48. The highest BCUT2D eigenvalue weighted by Crippen LogP contribution is 2.27. The van der Waals surface area contributed by atoms with E-state index in [9.17, 15) is 9.59 Å². The highest BCUT2D eigenvalue weighted by atomic mass is 16.2. The summed E-state index contributed by atoms with van der Waals surface area (Å²) >= 11 is 0. The number of pyridine rings is 1. The van der Waals surface area contributed by atoms with Gasteiger partial charge in [-0.05, 0) is 31.9 Å². The molecule has 1 aromatic heterocycles. The van der Waals surface area contributed by atoms with Gasteiger partial charge in [-0.25, -0.2) is 0 Å². The fourth-order valence-electron chi connectivity index (χ4n) is 2.46. The van der Waals surface area contributed by atoms with Crippen molar-refractivity contribution < 1.29 is 9.59 Å². The van der Waals surface area contributed by atoms with Crippen LogP contribution in [0.25, 0.3) is 0 Å². The van der Waals surface area contributed by atoms with Gasteiger partial charge < -0.3 is 10.2 Å². The quantitative estimate of drug-likeness (QED) is 0.905. The molecule has 2 atom stereocenters. The molecular weight excluding hydrogens is 254 g/mol. The molecule has 0 saturated carbocycles. The molecule has 0 bridgehead atoms. The van der Waals surface area contributed by atoms with Gasteiger partial charge in [0.05, 0.1) is 12.2 Å². The second kappa shape index (κ2) is 5.61. The Bertz CT molecular complexity index is 503. The van der Waals surface area contributed by atoms with Gasteiger partial charge >= 0.3 is 0 Å². The summed E-state index contributed by atoms with van der Waals surface area (Å²) in [5.41, 5.74) is -0.00891. The fourth-order valence-corrected chi connectivity index (χ4v) is 2.46. The molecule has 5 nitrogen and oxygen atoms in total. The highest BCUT2D eigenvalue weighted by molar-refractivity contribution is 5.99. The summed E-state index contributed by atoms with van der Waals surface area (Å²) < 4.78 is 0. The summed E-state index contributed by atoms with van der Waals surface area (Å²) in [6.07, 6.45) is 2.88. The van der Waals surface area contributed by atoms with Gasteiger partial charge in [0, 0.05) is 6.20 Å². The fraction of sp³-hybridized carbons (Fsp3) is 0.533. The monoisotopic (exact) mass is 275 g/mol. The lowest BCUT2D eigenvalue weighted by molar-refractivity contribution is -0.157. The van der Waals surface area contributed by atoms with Gasteiger partial charge in [-0.15, -0.1) is 0 Å². The van der Waals surface area contributed by atoms with E-state index in [0.717, 1.165) is 5.69 Å². The van der Waals surface area contributed by atoms with E-state index in [1.54, 1.807) is 11.1 Å². The Morgan fingerprint density at radius 3 is 2.65 bits per heavy atom. The van der Waals surface area contributed by atoms with Crippen LogP contribution in [0.3, 0.4) is 0 Å². The smallest absolute Gasteiger partial charge is 0.246 e. The molecule has 0 aliphatic carbocycles. The lowest BCUT2D eigenvalue weighted by atomic mass is 9.90. The normalized spacial score (nSPS) is 26.6. The Kier molecular flexibility index (Phi) is 4.06. The van der Waals surface area contributed by atoms with Crippen molar-refractivity contribution in [1.29, 1.82) is 0 Å². The lowest BCUT2D eigenvalue weighted by Crippen LogP contribution is -2.68. The molecule has 1 aliphatic heterocycles. The van der Waals surface area contributed by atoms with Gasteiger partial charge in [-0.3, -0.25) is 14.6 Å². The zero-order valence-electron chi connectivity index (χ0n) is 12.2. The first-order chi connectivity index (χ1) is 9.52. The maximum Gasteiger partial charge on any atom is 0.246 e. The molecule has 1 saturated heterocycles. The van der Waals surface area contributed by atoms with Crippen LogP contribution in [0, 0.1) is 0 Å². The van der Waals surface area contributed by atoms with Crippen molar-refractivity contribution in [3.8, 4) is 0 Å². The van der Waals surface area contributed by atoms with E-state index < -0.39 is 11.6 Å². The zero-order valence-corrected chi connectivity index (χ0v) is 12.2. The van der Waals surface area contributed by atoms with Crippen LogP contribution in [0.2, 0.25) is 0 Å². The third-order valence-electron chi connectivity index (χ3n) is 4.10. The van der Waals surface area contributed by atoms with Crippen LogP contribution < -0.4 is 5.32 Å². The molecule has 2 heterocycles. The maximum atomic E-state index is 12.6. The zero-order chi connectivity index (χ0) is 14.8. The predicted molar refractivity (Wildman–Crippen MR) is 75.7 cm³/mol. The SMILES string of the molecule is CCC1NC(=O)C(C)(CC)N(Cc2ccccn2)C1=O. The maximum absolute atomic E-state index is 12.6. The number of hydrogen-bond acceptors (Lipinski definition) is 3. The highest BCUT2D eigenvalue weighted by Gasteiger charge is 2.47. The van der Waals surface area contributed by atoms with Gasteiger partial charge in [0.2, 0.25) is 11.8 Å². The van der Waals surface area contributed by atoms with Crippen LogP contribution >= 0.6 is 0 Å². The van der Waals surface area contributed by atoms with Crippen molar-refractivity contribution >= 4 is 11.8 Å². The standard InChI is InChI=1S/C15H21N3O2/c1-4-12-13(19)18(10-11-8-6-7-9-16-11)15(3,5-2)14(20)17-12/h6-9,12H,4-5,10H2,1-3H3,(H,17,20). The summed E-state index contributed by atoms with van der Waals surface area (Å²) in [4.78, 5) is 30.8. The number of carbonyl (C=O) groups excluding carboxylic acids is 2. The molecule has 1 aliphatic rings. The minimum absolute atomic E-state index is 0.0258. The number of nitrogens with one attached hydrogen (secondary N) is 1. The third kappa shape index (κ3) is 2.40. The molecule has 1 fully saturated rings. The Balaban J connectivity index is 2.33. The number of rotatable bonds is 4. The first-order valence-electron chi connectivity index (χ1n) is 7.05. The van der Waals surface area contributed by atoms with Crippen molar-refractivity contribution in [2.45, 2.75) is 51.7 Å². The van der Waals surface area contributed by atoms with Crippen LogP contribution in [0.4, 0.5) is 0 Å². The second-order valence-corrected chi connectivity index (χ2v) is 5.31. The topological polar surface area (TPSA) is 62.3 Å². The summed E-state index contributed by atoms with van der Waals surface area (Å²) in [6, 6.07) is 5.17. The molecule has 1 N–H and O–H groups in total. The molecule has 0 aromatic carbocycles. The van der Waals surface area contributed by atoms with Gasteiger partial charge in [0.1, 0.15) is 11.6 Å². The second-order valence-electron chi connectivity index (χ2n) is 5.31. The van der Waals surface area contributed by atoms with Gasteiger partial charge in [0.25, 0.3) is 0 Å². The minimum Gasteiger partial charge on any atom is -0.342 e. The van der Waals surface area contributed by atoms with E-state index >= 15 is 0 Å². The van der Waals surface area contributed by atoms with Crippen LogP contribution in [-0.2, 0) is 16.1 Å². The number of piperazine rings is 1. The number of hydrogen-bond donors (Lipinski definition) is 1. The van der Waals surface area contributed by atoms with Crippen LogP contribution in [-0.4, -0.2) is 33.3 Å². The van der Waals surface area contributed by atoms with Crippen molar-refractivity contribution in [1.82, 2.24) is 15.2 Å². The van der Waals surface area contributed by atoms with Crippen molar-refractivity contribution in [3.63, 3.8) is 0 Å². The Morgan fingerprint density at radius 2 is 2.10 bits per heavy atom. The third-order valence-corrected chi connectivity index (χ3v) is 4.10. The van der Waals surface area contributed by atoms with E-state index in [-0.39, 0.29) is 11.8 Å². The molecule has 0 spiro atoms. The predicted octanol–water partition coefficient (Wildman–Crippen LogP) is 1.49. The van der Waals surface area contributed by atoms with Crippen LogP contribution in [0.15, 0.2) is 24.4 Å². The first-order valence-corrected chi connectivity index (χ1v) is 7.05. The Hall–Kier alpha value is -1.91. The molecule has 108 valence electrons. The summed E-state index contributed by atoms with van der Waals surface area (Å²) in [5, 5.41) is 2.82. The van der Waals surface area contributed by atoms with E-state index in [1.165, 1.54) is 0 Å². The molecule has 1 aromatic rings. The van der Waals surface area contributed by atoms with E-state index in [4.69, 9.17) is 0 Å². The Labute approximate surface area is 119 Å². The minimum atomic E-state index is -0.805. The molecule has 2 unspecified atom stereocenters. The summed E-state index contributed by atoms with van der Waals surface area (Å²) in [7, 11) is 0. The lowest BCUT2D eigenvalue weighted by Gasteiger charge is -2.45. The summed E-state index contributed by atoms with van der Waals surface area (Å²) in [6.45, 7) is 6.00. The van der Waals surface area contributed by atoms with E-state index in [1.807, 2.05) is 39.0 Å². The number of carbonyl (C=O) groups is 2. The molecule has 2 rings (SSSR count). The van der Waals surface area contributed by atoms with Gasteiger partial charge in [0.15, 0.2) is 0 Å². The van der Waals surface area contributed by atoms with Crippen LogP contribution in [0.1, 0.15) is 39.3 Å². The van der Waals surface area contributed by atoms with Crippen molar-refractivity contribution in [2.75, 3.05) is 0 Å². The molecule has 5 heteroatoms. The number of amides is 2. The average molecular weight is 275 g/mol. The van der Waals surface area contributed by atoms with E-state index in [0.29, 0.717) is 19.4 Å². The number of nitrogens with zero attached hydrogens (tertiary/aromatic N) is 2. The molecular formula is C15H21N3O2. The van der Waals surface area contributed by atoms with Crippen molar-refractivity contribution in [2.24, 2.45) is 0 Å². The largest absolute Gasteiger partial charge is 0.342 e. The molecule has 0 radical (unpaired) electrons.